The van der Waals surface area contributed by atoms with Gasteiger partial charge in [-0.2, -0.15) is 0 Å². The number of amides is 3. The first-order valence-electron chi connectivity index (χ1n) is 8.36. The molecule has 0 N–H and O–H groups in total. The number of nitrogens with zero attached hydrogens (tertiary/aromatic N) is 2. The van der Waals surface area contributed by atoms with Crippen LogP contribution >= 0.6 is 34.7 Å². The summed E-state index contributed by atoms with van der Waals surface area (Å²) in [5.41, 5.74) is 2.35. The van der Waals surface area contributed by atoms with E-state index in [1.807, 2.05) is 18.2 Å². The van der Waals surface area contributed by atoms with Crippen molar-refractivity contribution in [1.29, 1.82) is 0 Å². The van der Waals surface area contributed by atoms with Crippen LogP contribution in [0.2, 0.25) is 4.34 Å². The fourth-order valence-electron chi connectivity index (χ4n) is 3.12. The zero-order valence-electron chi connectivity index (χ0n) is 14.2. The van der Waals surface area contributed by atoms with Crippen molar-refractivity contribution in [2.24, 2.45) is 0 Å². The molecule has 1 fully saturated rings. The molecule has 4 rings (SSSR count). The zero-order chi connectivity index (χ0) is 19.0. The smallest absolute Gasteiger partial charge is 0.294 e. The number of hydrogen-bond acceptors (Lipinski definition) is 5. The first kappa shape index (κ1) is 18.3. The predicted octanol–water partition coefficient (Wildman–Crippen LogP) is 4.02. The Kier molecular flexibility index (Phi) is 5.08. The molecule has 0 atom stereocenters. The van der Waals surface area contributed by atoms with Crippen molar-refractivity contribution in [3.63, 3.8) is 0 Å². The topological polar surface area (TPSA) is 57.7 Å². The van der Waals surface area contributed by atoms with Crippen LogP contribution in [-0.2, 0) is 22.6 Å². The Bertz CT molecular complexity index is 969. The van der Waals surface area contributed by atoms with Gasteiger partial charge in [0.1, 0.15) is 6.54 Å². The highest BCUT2D eigenvalue weighted by molar-refractivity contribution is 8.18. The average Bonchev–Trinajstić information content (AvgIpc) is 3.19. The molecule has 2 aliphatic rings. The van der Waals surface area contributed by atoms with E-state index in [1.54, 1.807) is 23.1 Å². The highest BCUT2D eigenvalue weighted by Crippen LogP contribution is 2.34. The highest BCUT2D eigenvalue weighted by Gasteiger charge is 2.37. The van der Waals surface area contributed by atoms with Crippen LogP contribution in [0.25, 0.3) is 6.08 Å². The molecule has 27 heavy (non-hydrogen) atoms. The van der Waals surface area contributed by atoms with Crippen LogP contribution in [0.5, 0.6) is 0 Å². The maximum atomic E-state index is 12.7. The van der Waals surface area contributed by atoms with Gasteiger partial charge in [0.05, 0.1) is 9.24 Å². The fourth-order valence-corrected chi connectivity index (χ4v) is 5.02. The van der Waals surface area contributed by atoms with E-state index in [0.29, 0.717) is 22.3 Å². The normalized spacial score (nSPS) is 18.3. The summed E-state index contributed by atoms with van der Waals surface area (Å²) in [6.07, 6.45) is 2.42. The second-order valence-electron chi connectivity index (χ2n) is 6.24. The summed E-state index contributed by atoms with van der Waals surface area (Å²) < 4.78 is 0.612. The molecule has 5 nitrogen and oxygen atoms in total. The second kappa shape index (κ2) is 7.50. The molecule has 8 heteroatoms. The van der Waals surface area contributed by atoms with Gasteiger partial charge in [-0.3, -0.25) is 19.3 Å². The molecule has 1 aromatic carbocycles. The van der Waals surface area contributed by atoms with E-state index in [4.69, 9.17) is 11.6 Å². The molecule has 0 saturated carbocycles. The third-order valence-electron chi connectivity index (χ3n) is 4.52. The van der Waals surface area contributed by atoms with Crippen molar-refractivity contribution < 1.29 is 14.4 Å². The SMILES string of the molecule is O=C(CN1C(=O)SC(=Cc2ccc(Cl)s2)C1=O)N1CCc2ccccc2C1. The molecule has 138 valence electrons. The van der Waals surface area contributed by atoms with Crippen LogP contribution in [0, 0.1) is 0 Å². The minimum Gasteiger partial charge on any atom is -0.336 e. The van der Waals surface area contributed by atoms with Gasteiger partial charge in [0.15, 0.2) is 0 Å². The van der Waals surface area contributed by atoms with Crippen LogP contribution in [0.3, 0.4) is 0 Å². The lowest BCUT2D eigenvalue weighted by Gasteiger charge is -2.29. The third-order valence-corrected chi connectivity index (χ3v) is 6.60. The largest absolute Gasteiger partial charge is 0.336 e. The number of halogens is 1. The van der Waals surface area contributed by atoms with Gasteiger partial charge in [-0.1, -0.05) is 35.9 Å². The van der Waals surface area contributed by atoms with E-state index in [0.717, 1.165) is 33.5 Å². The Labute approximate surface area is 169 Å². The third kappa shape index (κ3) is 3.81. The maximum Gasteiger partial charge on any atom is 0.294 e. The quantitative estimate of drug-likeness (QED) is 0.706. The first-order chi connectivity index (χ1) is 13.0. The number of thiophene rings is 1. The molecule has 0 aliphatic carbocycles. The van der Waals surface area contributed by atoms with Crippen molar-refractivity contribution in [3.05, 3.63) is 61.6 Å². The molecule has 2 aliphatic heterocycles. The molecule has 3 amide bonds. The van der Waals surface area contributed by atoms with E-state index in [2.05, 4.69) is 6.07 Å². The molecule has 0 bridgehead atoms. The second-order valence-corrected chi connectivity index (χ2v) is 8.98. The molecule has 0 radical (unpaired) electrons. The van der Waals surface area contributed by atoms with Gasteiger partial charge >= 0.3 is 0 Å². The Morgan fingerprint density at radius 1 is 1.15 bits per heavy atom. The lowest BCUT2D eigenvalue weighted by molar-refractivity contribution is -0.136. The van der Waals surface area contributed by atoms with Crippen molar-refractivity contribution in [1.82, 2.24) is 9.80 Å². The molecule has 1 saturated heterocycles. The van der Waals surface area contributed by atoms with Crippen molar-refractivity contribution in [2.45, 2.75) is 13.0 Å². The minimum atomic E-state index is -0.430. The number of carbonyl (C=O) groups excluding carboxylic acids is 3. The number of carbonyl (C=O) groups is 3. The molecular formula is C19H15ClN2O3S2. The summed E-state index contributed by atoms with van der Waals surface area (Å²) in [5, 5.41) is -0.417. The summed E-state index contributed by atoms with van der Waals surface area (Å²) in [6, 6.07) is 11.5. The van der Waals surface area contributed by atoms with E-state index in [1.165, 1.54) is 16.9 Å². The van der Waals surface area contributed by atoms with E-state index >= 15 is 0 Å². The summed E-state index contributed by atoms with van der Waals surface area (Å²) in [6.45, 7) is 0.875. The first-order valence-corrected chi connectivity index (χ1v) is 10.4. The Morgan fingerprint density at radius 3 is 2.67 bits per heavy atom. The monoisotopic (exact) mass is 418 g/mol. The standard InChI is InChI=1S/C19H15ClN2O3S2/c20-16-6-5-14(26-16)9-15-18(24)22(19(25)27-15)11-17(23)21-8-7-12-3-1-2-4-13(12)10-21/h1-6,9H,7-8,10-11H2. The molecule has 1 aromatic heterocycles. The molecule has 0 unspecified atom stereocenters. The summed E-state index contributed by atoms with van der Waals surface area (Å²) in [4.78, 5) is 41.3. The van der Waals surface area contributed by atoms with Crippen LogP contribution in [-0.4, -0.2) is 39.9 Å². The maximum absolute atomic E-state index is 12.7. The minimum absolute atomic E-state index is 0.216. The summed E-state index contributed by atoms with van der Waals surface area (Å²) >= 11 is 8.08. The number of fused-ring (bicyclic) bond motifs is 1. The molecule has 3 heterocycles. The van der Waals surface area contributed by atoms with Gasteiger partial charge in [0.2, 0.25) is 5.91 Å². The van der Waals surface area contributed by atoms with Crippen LogP contribution in [0.1, 0.15) is 16.0 Å². The van der Waals surface area contributed by atoms with E-state index in [-0.39, 0.29) is 12.5 Å². The Morgan fingerprint density at radius 2 is 1.93 bits per heavy atom. The zero-order valence-corrected chi connectivity index (χ0v) is 16.6. The number of rotatable bonds is 3. The van der Waals surface area contributed by atoms with Gasteiger partial charge in [-0.15, -0.1) is 11.3 Å². The fraction of sp³-hybridized carbons (Fsp3) is 0.211. The predicted molar refractivity (Wildman–Crippen MR) is 108 cm³/mol. The van der Waals surface area contributed by atoms with Crippen molar-refractivity contribution in [2.75, 3.05) is 13.1 Å². The Balaban J connectivity index is 1.45. The lowest BCUT2D eigenvalue weighted by Crippen LogP contribution is -2.44. The number of benzene rings is 1. The van der Waals surface area contributed by atoms with Gasteiger partial charge in [-0.25, -0.2) is 0 Å². The highest BCUT2D eigenvalue weighted by atomic mass is 35.5. The van der Waals surface area contributed by atoms with Crippen molar-refractivity contribution >= 4 is 57.8 Å². The summed E-state index contributed by atoms with van der Waals surface area (Å²) in [7, 11) is 0. The number of thioether (sulfide) groups is 1. The lowest BCUT2D eigenvalue weighted by atomic mass is 10.00. The van der Waals surface area contributed by atoms with Gasteiger partial charge in [0.25, 0.3) is 11.1 Å². The summed E-state index contributed by atoms with van der Waals surface area (Å²) in [5.74, 6) is -0.646. The van der Waals surface area contributed by atoms with Gasteiger partial charge in [0, 0.05) is 18.0 Å². The van der Waals surface area contributed by atoms with Crippen LogP contribution < -0.4 is 0 Å². The van der Waals surface area contributed by atoms with E-state index in [9.17, 15) is 14.4 Å². The number of imide groups is 1. The van der Waals surface area contributed by atoms with Gasteiger partial charge < -0.3 is 4.90 Å². The van der Waals surface area contributed by atoms with Crippen molar-refractivity contribution in [3.8, 4) is 0 Å². The van der Waals surface area contributed by atoms with Crippen LogP contribution in [0.15, 0.2) is 41.3 Å². The van der Waals surface area contributed by atoms with E-state index < -0.39 is 11.1 Å². The average molecular weight is 419 g/mol. The van der Waals surface area contributed by atoms with Crippen LogP contribution in [0.4, 0.5) is 4.79 Å². The number of hydrogen-bond donors (Lipinski definition) is 0. The molecule has 2 aromatic rings. The van der Waals surface area contributed by atoms with Gasteiger partial charge in [-0.05, 0) is 47.5 Å². The molecule has 0 spiro atoms. The Hall–Kier alpha value is -2.09. The molecular weight excluding hydrogens is 404 g/mol.